The average Bonchev–Trinajstić information content (AvgIpc) is 3.44. The molecule has 0 radical (unpaired) electrons. The normalized spacial score (nSPS) is 30.5. The Hall–Kier alpha value is -1.99. The van der Waals surface area contributed by atoms with Gasteiger partial charge in [0.25, 0.3) is 0 Å². The number of rotatable bonds is 45. The molecule has 0 aromatic rings. The Morgan fingerprint density at radius 3 is 1.29 bits per heavy atom. The lowest BCUT2D eigenvalue weighted by Crippen LogP contribution is -2.66. The minimum atomic E-state index is -1.98. The molecule has 79 heavy (non-hydrogen) atoms. The van der Waals surface area contributed by atoms with Crippen LogP contribution in [0.15, 0.2) is 36.5 Å². The van der Waals surface area contributed by atoms with Gasteiger partial charge in [-0.3, -0.25) is 4.79 Å². The summed E-state index contributed by atoms with van der Waals surface area (Å²) in [5.74, 6) is -0.288. The van der Waals surface area contributed by atoms with Crippen LogP contribution in [0.1, 0.15) is 206 Å². The van der Waals surface area contributed by atoms with E-state index in [0.29, 0.717) is 12.8 Å². The van der Waals surface area contributed by atoms with Gasteiger partial charge in [-0.25, -0.2) is 0 Å². The Kier molecular flexibility index (Phi) is 39.4. The van der Waals surface area contributed by atoms with Crippen molar-refractivity contribution in [3.05, 3.63) is 36.5 Å². The lowest BCUT2D eigenvalue weighted by Gasteiger charge is -2.48. The number of ether oxygens (including phenoxy) is 6. The second-order valence-electron chi connectivity index (χ2n) is 22.2. The van der Waals surface area contributed by atoms with Gasteiger partial charge in [0, 0.05) is 6.42 Å². The molecule has 17 unspecified atom stereocenters. The number of allylic oxidation sites excluding steroid dienone is 5. The monoisotopic (exact) mass is 1130 g/mol. The van der Waals surface area contributed by atoms with Crippen molar-refractivity contribution in [1.82, 2.24) is 5.32 Å². The molecule has 3 aliphatic heterocycles. The van der Waals surface area contributed by atoms with Gasteiger partial charge < -0.3 is 89.9 Å². The van der Waals surface area contributed by atoms with E-state index in [-0.39, 0.29) is 18.9 Å². The molecule has 3 fully saturated rings. The number of hydrogen-bond donors (Lipinski definition) is 12. The van der Waals surface area contributed by atoms with Crippen molar-refractivity contribution in [2.45, 2.75) is 311 Å². The van der Waals surface area contributed by atoms with Crippen LogP contribution in [0.5, 0.6) is 0 Å². The fourth-order valence-electron chi connectivity index (χ4n) is 10.3. The third-order valence-electron chi connectivity index (χ3n) is 15.4. The number of aliphatic hydroxyl groups excluding tert-OH is 11. The first kappa shape index (κ1) is 71.3. The summed E-state index contributed by atoms with van der Waals surface area (Å²) in [4.78, 5) is 13.3. The molecule has 3 aliphatic rings. The van der Waals surface area contributed by atoms with Gasteiger partial charge in [0.1, 0.15) is 73.2 Å². The molecule has 0 spiro atoms. The highest BCUT2D eigenvalue weighted by Gasteiger charge is 2.53. The van der Waals surface area contributed by atoms with Gasteiger partial charge in [-0.15, -0.1) is 0 Å². The number of carbonyl (C=O) groups excluding carboxylic acids is 1. The van der Waals surface area contributed by atoms with E-state index in [0.717, 1.165) is 44.9 Å². The number of hydrogen-bond acceptors (Lipinski definition) is 18. The number of nitrogens with one attached hydrogen (secondary N) is 1. The molecule has 17 atom stereocenters. The van der Waals surface area contributed by atoms with E-state index in [9.17, 15) is 61.0 Å². The zero-order chi connectivity index (χ0) is 57.6. The molecule has 3 heterocycles. The highest BCUT2D eigenvalue weighted by atomic mass is 16.8. The predicted octanol–water partition coefficient (Wildman–Crippen LogP) is 5.71. The van der Waals surface area contributed by atoms with Gasteiger partial charge in [0.15, 0.2) is 18.9 Å². The van der Waals surface area contributed by atoms with Crippen LogP contribution >= 0.6 is 0 Å². The van der Waals surface area contributed by atoms with Gasteiger partial charge in [0.2, 0.25) is 5.91 Å². The van der Waals surface area contributed by atoms with E-state index < -0.39 is 124 Å². The van der Waals surface area contributed by atoms with Crippen molar-refractivity contribution in [2.75, 3.05) is 26.4 Å². The minimum Gasteiger partial charge on any atom is -0.394 e. The largest absolute Gasteiger partial charge is 0.394 e. The summed E-state index contributed by atoms with van der Waals surface area (Å²) in [7, 11) is 0. The van der Waals surface area contributed by atoms with Gasteiger partial charge in [-0.1, -0.05) is 179 Å². The molecule has 3 saturated heterocycles. The van der Waals surface area contributed by atoms with E-state index in [1.54, 1.807) is 6.08 Å². The molecule has 19 heteroatoms. The fraction of sp³-hybridized carbons (Fsp3) is 0.883. The van der Waals surface area contributed by atoms with E-state index in [1.807, 2.05) is 6.08 Å². The molecule has 3 rings (SSSR count). The number of carbonyl (C=O) groups is 1. The summed E-state index contributed by atoms with van der Waals surface area (Å²) in [5.41, 5.74) is 0. The highest BCUT2D eigenvalue weighted by molar-refractivity contribution is 5.76. The topological polar surface area (TPSA) is 307 Å². The molecule has 0 bridgehead atoms. The van der Waals surface area contributed by atoms with Gasteiger partial charge in [-0.05, 0) is 57.8 Å². The first-order chi connectivity index (χ1) is 38.3. The predicted molar refractivity (Wildman–Crippen MR) is 300 cm³/mol. The quantitative estimate of drug-likeness (QED) is 0.0257. The van der Waals surface area contributed by atoms with Gasteiger partial charge >= 0.3 is 0 Å². The Morgan fingerprint density at radius 1 is 0.443 bits per heavy atom. The first-order valence-corrected chi connectivity index (χ1v) is 30.7. The minimum absolute atomic E-state index is 0.236. The van der Waals surface area contributed by atoms with Crippen LogP contribution in [-0.4, -0.2) is 193 Å². The summed E-state index contributed by atoms with van der Waals surface area (Å²) in [6, 6.07) is -0.986. The van der Waals surface area contributed by atoms with Crippen molar-refractivity contribution < 1.29 is 89.4 Å². The van der Waals surface area contributed by atoms with Gasteiger partial charge in [0.05, 0.1) is 38.6 Å². The van der Waals surface area contributed by atoms with Crippen molar-refractivity contribution in [2.24, 2.45) is 0 Å². The summed E-state index contributed by atoms with van der Waals surface area (Å²) >= 11 is 0. The number of amides is 1. The zero-order valence-electron chi connectivity index (χ0n) is 48.1. The van der Waals surface area contributed by atoms with Crippen LogP contribution in [0.4, 0.5) is 0 Å². The van der Waals surface area contributed by atoms with Gasteiger partial charge in [-0.2, -0.15) is 0 Å². The summed E-state index contributed by atoms with van der Waals surface area (Å²) in [5, 5.41) is 120. The van der Waals surface area contributed by atoms with Crippen LogP contribution in [0.2, 0.25) is 0 Å². The van der Waals surface area contributed by atoms with Crippen LogP contribution in [0.3, 0.4) is 0 Å². The smallest absolute Gasteiger partial charge is 0.220 e. The lowest BCUT2D eigenvalue weighted by molar-refractivity contribution is -0.379. The Morgan fingerprint density at radius 2 is 0.810 bits per heavy atom. The molecule has 0 saturated carbocycles. The van der Waals surface area contributed by atoms with Crippen molar-refractivity contribution in [3.63, 3.8) is 0 Å². The summed E-state index contributed by atoms with van der Waals surface area (Å²) in [6.45, 7) is 1.64. The van der Waals surface area contributed by atoms with Crippen molar-refractivity contribution >= 4 is 5.91 Å². The molecular weight excluding hydrogens is 1020 g/mol. The van der Waals surface area contributed by atoms with E-state index in [2.05, 4.69) is 43.5 Å². The molecule has 462 valence electrons. The Labute approximate surface area is 472 Å². The highest BCUT2D eigenvalue weighted by Crippen LogP contribution is 2.33. The Balaban J connectivity index is 1.42. The maximum absolute atomic E-state index is 13.3. The Bertz CT molecular complexity index is 1590. The molecule has 1 amide bonds. The molecule has 19 nitrogen and oxygen atoms in total. The summed E-state index contributed by atoms with van der Waals surface area (Å²) in [6.07, 6.45) is 20.2. The van der Waals surface area contributed by atoms with E-state index >= 15 is 0 Å². The second kappa shape index (κ2) is 43.6. The molecule has 0 aliphatic carbocycles. The van der Waals surface area contributed by atoms with Crippen LogP contribution in [-0.2, 0) is 33.2 Å². The summed E-state index contributed by atoms with van der Waals surface area (Å²) < 4.78 is 34.2. The second-order valence-corrected chi connectivity index (χ2v) is 22.2. The number of aliphatic hydroxyl groups is 11. The third kappa shape index (κ3) is 27.5. The average molecular weight is 1130 g/mol. The third-order valence-corrected chi connectivity index (χ3v) is 15.4. The SMILES string of the molecule is CCCCC/C=C/CC/C=C/C(O)C(COC1OC(CO)C(OC2OC(CO)C(OC3OC(CO)C(O)C(O)C3O)C(O)C2O)C(O)C1O)NC(=O)CCCCCCCCCCCCCCC/C=C\CCCCCCCCCC. The van der Waals surface area contributed by atoms with E-state index in [1.165, 1.54) is 128 Å². The van der Waals surface area contributed by atoms with Crippen LogP contribution in [0, 0.1) is 0 Å². The van der Waals surface area contributed by atoms with Crippen molar-refractivity contribution in [1.29, 1.82) is 0 Å². The maximum Gasteiger partial charge on any atom is 0.220 e. The van der Waals surface area contributed by atoms with Crippen molar-refractivity contribution in [3.8, 4) is 0 Å². The van der Waals surface area contributed by atoms with Crippen LogP contribution < -0.4 is 5.32 Å². The lowest BCUT2D eigenvalue weighted by atomic mass is 9.96. The molecule has 0 aromatic heterocycles. The fourth-order valence-corrected chi connectivity index (χ4v) is 10.3. The maximum atomic E-state index is 13.3. The van der Waals surface area contributed by atoms with E-state index in [4.69, 9.17) is 28.4 Å². The molecular formula is C60H109NO18. The zero-order valence-corrected chi connectivity index (χ0v) is 48.1. The standard InChI is InChI=1S/C60H109NO18/c1-3-5-7-9-11-13-14-15-16-17-18-19-20-21-22-23-24-25-26-27-28-30-32-34-36-38-48(66)61-43(44(65)37-35-33-31-29-12-10-8-6-4-2)42-74-58-54(72)51(69)56(46(40-63)76-58)79-60-55(73)52(70)57(47(41-64)77-60)78-59-53(71)50(68)49(67)45(39-62)75-59/h12,17-18,29,35,37,43-47,49-60,62-65,67-73H,3-11,13-16,19-28,30-34,36,38-42H2,1-2H3,(H,61,66)/b18-17-,29-12+,37-35+. The molecule has 12 N–H and O–H groups in total. The first-order valence-electron chi connectivity index (χ1n) is 30.7. The van der Waals surface area contributed by atoms with Crippen LogP contribution in [0.25, 0.3) is 0 Å². The molecule has 0 aromatic carbocycles. The number of unbranched alkanes of at least 4 members (excludes halogenated alkanes) is 25.